The number of halogens is 2. The predicted molar refractivity (Wildman–Crippen MR) is 63.5 cm³/mol. The zero-order chi connectivity index (χ0) is 13.2. The van der Waals surface area contributed by atoms with Crippen LogP contribution in [-0.4, -0.2) is 29.9 Å². The summed E-state index contributed by atoms with van der Waals surface area (Å²) in [5, 5.41) is 13.1. The zero-order valence-corrected chi connectivity index (χ0v) is 10.2. The van der Waals surface area contributed by atoms with Gasteiger partial charge in [-0.2, -0.15) is 0 Å². The number of benzene rings is 1. The summed E-state index contributed by atoms with van der Waals surface area (Å²) < 4.78 is 31.6. The van der Waals surface area contributed by atoms with Gasteiger partial charge in [0.15, 0.2) is 17.4 Å². The quantitative estimate of drug-likeness (QED) is 0.817. The average Bonchev–Trinajstić information content (AvgIpc) is 3.09. The first-order valence-electron chi connectivity index (χ1n) is 6.00. The zero-order valence-electron chi connectivity index (χ0n) is 10.2. The van der Waals surface area contributed by atoms with Crippen LogP contribution in [0.15, 0.2) is 18.2 Å². The van der Waals surface area contributed by atoms with Crippen LogP contribution in [0.5, 0.6) is 5.75 Å². The molecular formula is C13H17F2NO2. The van der Waals surface area contributed by atoms with Crippen LogP contribution in [0, 0.1) is 11.6 Å². The third kappa shape index (κ3) is 3.65. The molecule has 0 bridgehead atoms. The Morgan fingerprint density at radius 2 is 2.00 bits per heavy atom. The van der Waals surface area contributed by atoms with E-state index in [0.29, 0.717) is 12.6 Å². The number of rotatable bonds is 6. The maximum absolute atomic E-state index is 13.3. The summed E-state index contributed by atoms with van der Waals surface area (Å²) in [5.41, 5.74) is -1.16. The summed E-state index contributed by atoms with van der Waals surface area (Å²) in [4.78, 5) is 0. The molecule has 0 radical (unpaired) electrons. The normalized spacial score (nSPS) is 18.4. The molecule has 1 aliphatic carbocycles. The first kappa shape index (κ1) is 13.2. The first-order valence-corrected chi connectivity index (χ1v) is 6.00. The molecule has 0 saturated heterocycles. The lowest BCUT2D eigenvalue weighted by atomic mass is 10.1. The van der Waals surface area contributed by atoms with Crippen LogP contribution in [0.4, 0.5) is 8.78 Å². The Labute approximate surface area is 105 Å². The van der Waals surface area contributed by atoms with Crippen LogP contribution in [0.2, 0.25) is 0 Å². The van der Waals surface area contributed by atoms with Gasteiger partial charge in [-0.25, -0.2) is 8.78 Å². The van der Waals surface area contributed by atoms with E-state index in [1.54, 1.807) is 6.92 Å². The van der Waals surface area contributed by atoms with Gasteiger partial charge in [-0.05, 0) is 31.9 Å². The Hall–Kier alpha value is -1.20. The van der Waals surface area contributed by atoms with Gasteiger partial charge in [0.1, 0.15) is 12.2 Å². The number of para-hydroxylation sites is 1. The predicted octanol–water partition coefficient (Wildman–Crippen LogP) is 1.85. The Balaban J connectivity index is 1.88. The van der Waals surface area contributed by atoms with Crippen molar-refractivity contribution in [2.45, 2.75) is 31.4 Å². The van der Waals surface area contributed by atoms with E-state index in [4.69, 9.17) is 4.74 Å². The summed E-state index contributed by atoms with van der Waals surface area (Å²) in [6, 6.07) is 3.97. The van der Waals surface area contributed by atoms with Crippen LogP contribution in [0.3, 0.4) is 0 Å². The highest BCUT2D eigenvalue weighted by molar-refractivity contribution is 5.26. The highest BCUT2D eigenvalue weighted by atomic mass is 19.1. The van der Waals surface area contributed by atoms with Crippen LogP contribution < -0.4 is 10.1 Å². The van der Waals surface area contributed by atoms with Crippen molar-refractivity contribution in [1.29, 1.82) is 0 Å². The molecule has 0 aliphatic heterocycles. The molecule has 2 rings (SSSR count). The second kappa shape index (κ2) is 5.20. The van der Waals surface area contributed by atoms with Gasteiger partial charge >= 0.3 is 0 Å². The molecule has 0 aromatic heterocycles. The molecule has 1 aromatic rings. The topological polar surface area (TPSA) is 41.5 Å². The van der Waals surface area contributed by atoms with Crippen molar-refractivity contribution in [2.24, 2.45) is 0 Å². The van der Waals surface area contributed by atoms with Crippen LogP contribution in [0.25, 0.3) is 0 Å². The van der Waals surface area contributed by atoms with Crippen molar-refractivity contribution in [2.75, 3.05) is 13.2 Å². The van der Waals surface area contributed by atoms with Gasteiger partial charge in [0.2, 0.25) is 0 Å². The fourth-order valence-corrected chi connectivity index (χ4v) is 1.55. The van der Waals surface area contributed by atoms with Gasteiger partial charge in [0, 0.05) is 12.6 Å². The maximum Gasteiger partial charge on any atom is 0.190 e. The second-order valence-electron chi connectivity index (χ2n) is 4.99. The van der Waals surface area contributed by atoms with E-state index < -0.39 is 23.0 Å². The third-order valence-corrected chi connectivity index (χ3v) is 2.80. The van der Waals surface area contributed by atoms with Crippen molar-refractivity contribution < 1.29 is 18.6 Å². The van der Waals surface area contributed by atoms with E-state index in [9.17, 15) is 13.9 Å². The molecule has 0 heterocycles. The number of ether oxygens (including phenoxy) is 1. The van der Waals surface area contributed by atoms with Crippen LogP contribution in [-0.2, 0) is 0 Å². The minimum atomic E-state index is -1.16. The lowest BCUT2D eigenvalue weighted by Crippen LogP contribution is -2.43. The summed E-state index contributed by atoms with van der Waals surface area (Å²) in [6.45, 7) is 1.75. The van der Waals surface area contributed by atoms with E-state index in [2.05, 4.69) is 5.32 Å². The molecule has 3 nitrogen and oxygen atoms in total. The smallest absolute Gasteiger partial charge is 0.190 e. The Morgan fingerprint density at radius 3 is 2.56 bits per heavy atom. The van der Waals surface area contributed by atoms with Crippen molar-refractivity contribution in [3.63, 3.8) is 0 Å². The number of hydrogen-bond acceptors (Lipinski definition) is 3. The van der Waals surface area contributed by atoms with E-state index in [1.165, 1.54) is 6.07 Å². The van der Waals surface area contributed by atoms with Crippen molar-refractivity contribution in [3.05, 3.63) is 29.8 Å². The van der Waals surface area contributed by atoms with Crippen molar-refractivity contribution in [3.8, 4) is 5.75 Å². The Bertz CT molecular complexity index is 399. The Kier molecular flexibility index (Phi) is 3.82. The van der Waals surface area contributed by atoms with Gasteiger partial charge in [0.25, 0.3) is 0 Å². The first-order chi connectivity index (χ1) is 8.48. The summed E-state index contributed by atoms with van der Waals surface area (Å²) in [7, 11) is 0. The third-order valence-electron chi connectivity index (χ3n) is 2.80. The maximum atomic E-state index is 13.3. The fraction of sp³-hybridized carbons (Fsp3) is 0.538. The fourth-order valence-electron chi connectivity index (χ4n) is 1.55. The molecule has 2 N–H and O–H groups in total. The molecule has 1 aromatic carbocycles. The molecule has 18 heavy (non-hydrogen) atoms. The molecular weight excluding hydrogens is 240 g/mol. The van der Waals surface area contributed by atoms with Gasteiger partial charge in [-0.1, -0.05) is 6.07 Å². The highest BCUT2D eigenvalue weighted by Gasteiger charge is 2.27. The van der Waals surface area contributed by atoms with E-state index in [1.807, 2.05) is 0 Å². The van der Waals surface area contributed by atoms with Crippen molar-refractivity contribution >= 4 is 0 Å². The Morgan fingerprint density at radius 1 is 1.39 bits per heavy atom. The lowest BCUT2D eigenvalue weighted by Gasteiger charge is -2.24. The number of hydrogen-bond donors (Lipinski definition) is 2. The van der Waals surface area contributed by atoms with Gasteiger partial charge in [-0.15, -0.1) is 0 Å². The molecule has 1 atom stereocenters. The minimum absolute atomic E-state index is 0.162. The molecule has 1 saturated carbocycles. The lowest BCUT2D eigenvalue weighted by molar-refractivity contribution is 0.00962. The summed E-state index contributed by atoms with van der Waals surface area (Å²) in [5.74, 6) is -1.97. The largest absolute Gasteiger partial charge is 0.485 e. The summed E-state index contributed by atoms with van der Waals surface area (Å²) in [6.07, 6.45) is 2.22. The van der Waals surface area contributed by atoms with Crippen LogP contribution in [0.1, 0.15) is 19.8 Å². The standard InChI is InChI=1S/C13H17F2NO2/c1-13(17,7-16-9-5-6-9)8-18-12-10(14)3-2-4-11(12)15/h2-4,9,16-17H,5-8H2,1H3. The summed E-state index contributed by atoms with van der Waals surface area (Å²) >= 11 is 0. The van der Waals surface area contributed by atoms with Crippen LogP contribution >= 0.6 is 0 Å². The van der Waals surface area contributed by atoms with E-state index in [0.717, 1.165) is 25.0 Å². The van der Waals surface area contributed by atoms with Gasteiger partial charge < -0.3 is 15.2 Å². The highest BCUT2D eigenvalue weighted by Crippen LogP contribution is 2.23. The molecule has 0 amide bonds. The van der Waals surface area contributed by atoms with E-state index >= 15 is 0 Å². The monoisotopic (exact) mass is 257 g/mol. The molecule has 1 unspecified atom stereocenters. The average molecular weight is 257 g/mol. The van der Waals surface area contributed by atoms with Gasteiger partial charge in [-0.3, -0.25) is 0 Å². The molecule has 0 spiro atoms. The molecule has 5 heteroatoms. The molecule has 1 fully saturated rings. The van der Waals surface area contributed by atoms with Gasteiger partial charge in [0.05, 0.1) is 0 Å². The molecule has 1 aliphatic rings. The second-order valence-corrected chi connectivity index (χ2v) is 4.99. The van der Waals surface area contributed by atoms with E-state index in [-0.39, 0.29) is 6.61 Å². The SMILES string of the molecule is CC(O)(CNC1CC1)COc1c(F)cccc1F. The minimum Gasteiger partial charge on any atom is -0.485 e. The number of aliphatic hydroxyl groups is 1. The number of nitrogens with one attached hydrogen (secondary N) is 1. The molecule has 100 valence electrons. The van der Waals surface area contributed by atoms with Crippen molar-refractivity contribution in [1.82, 2.24) is 5.32 Å².